The molecule has 25 heavy (non-hydrogen) atoms. The second kappa shape index (κ2) is 6.72. The smallest absolute Gasteiger partial charge is 0.303 e. The van der Waals surface area contributed by atoms with Crippen LogP contribution < -0.4 is 0 Å². The van der Waals surface area contributed by atoms with Crippen molar-refractivity contribution in [2.75, 3.05) is 33.2 Å². The molecule has 3 rings (SSSR count). The maximum atomic E-state index is 12.9. The third-order valence-corrected chi connectivity index (χ3v) is 5.38. The molecule has 1 aromatic rings. The van der Waals surface area contributed by atoms with E-state index in [-0.39, 0.29) is 24.2 Å². The number of carbonyl (C=O) groups is 2. The highest BCUT2D eigenvalue weighted by atomic mass is 16.4. The molecule has 2 fully saturated rings. The van der Waals surface area contributed by atoms with Crippen LogP contribution in [0.25, 0.3) is 0 Å². The molecule has 0 saturated carbocycles. The number of piperidine rings is 1. The number of carbonyl (C=O) groups excluding carboxylic acids is 1. The first kappa shape index (κ1) is 17.8. The largest absolute Gasteiger partial charge is 0.481 e. The summed E-state index contributed by atoms with van der Waals surface area (Å²) < 4.78 is 1.57. The van der Waals surface area contributed by atoms with Crippen molar-refractivity contribution in [2.24, 2.45) is 13.0 Å². The lowest BCUT2D eigenvalue weighted by molar-refractivity contribution is -0.155. The van der Waals surface area contributed by atoms with Gasteiger partial charge >= 0.3 is 5.97 Å². The van der Waals surface area contributed by atoms with Crippen molar-refractivity contribution in [3.05, 3.63) is 11.9 Å². The van der Waals surface area contributed by atoms with Crippen molar-refractivity contribution in [3.8, 4) is 0 Å². The minimum absolute atomic E-state index is 0.0355. The minimum Gasteiger partial charge on any atom is -0.481 e. The molecule has 1 aromatic heterocycles. The Labute approximate surface area is 146 Å². The number of aromatic nitrogens is 3. The summed E-state index contributed by atoms with van der Waals surface area (Å²) in [5, 5.41) is 28.0. The normalized spacial score (nSPS) is 26.8. The number of aliphatic hydroxyl groups is 1. The second-order valence-electron chi connectivity index (χ2n) is 7.33. The molecule has 9 nitrogen and oxygen atoms in total. The van der Waals surface area contributed by atoms with Crippen LogP contribution in [0, 0.1) is 5.92 Å². The molecule has 0 spiro atoms. The van der Waals surface area contributed by atoms with E-state index < -0.39 is 11.6 Å². The van der Waals surface area contributed by atoms with Gasteiger partial charge in [-0.1, -0.05) is 5.21 Å². The zero-order valence-electron chi connectivity index (χ0n) is 14.6. The third-order valence-electron chi connectivity index (χ3n) is 5.38. The highest BCUT2D eigenvalue weighted by molar-refractivity contribution is 5.85. The maximum Gasteiger partial charge on any atom is 0.303 e. The number of hydrogen-bond donors (Lipinski definition) is 2. The van der Waals surface area contributed by atoms with Crippen LogP contribution in [0.2, 0.25) is 0 Å². The Morgan fingerprint density at radius 3 is 2.52 bits per heavy atom. The first-order valence-electron chi connectivity index (χ1n) is 8.57. The topological polar surface area (TPSA) is 112 Å². The Kier molecular flexibility index (Phi) is 4.79. The average Bonchev–Trinajstić information content (AvgIpc) is 3.15. The Morgan fingerprint density at radius 1 is 1.28 bits per heavy atom. The molecule has 0 radical (unpaired) electrons. The Morgan fingerprint density at radius 2 is 1.96 bits per heavy atom. The van der Waals surface area contributed by atoms with Crippen LogP contribution >= 0.6 is 0 Å². The number of likely N-dealkylation sites (tertiary alicyclic amines) is 2. The molecule has 0 bridgehead atoms. The van der Waals surface area contributed by atoms with E-state index in [9.17, 15) is 19.8 Å². The fourth-order valence-corrected chi connectivity index (χ4v) is 3.84. The van der Waals surface area contributed by atoms with Gasteiger partial charge in [-0.25, -0.2) is 0 Å². The van der Waals surface area contributed by atoms with Crippen molar-refractivity contribution in [2.45, 2.75) is 30.8 Å². The molecule has 138 valence electrons. The Balaban J connectivity index is 1.76. The van der Waals surface area contributed by atoms with E-state index in [0.717, 1.165) is 0 Å². The quantitative estimate of drug-likeness (QED) is 0.737. The van der Waals surface area contributed by atoms with E-state index in [1.165, 1.54) is 0 Å². The highest BCUT2D eigenvalue weighted by Crippen LogP contribution is 2.36. The van der Waals surface area contributed by atoms with Crippen molar-refractivity contribution < 1.29 is 19.8 Å². The van der Waals surface area contributed by atoms with E-state index >= 15 is 0 Å². The lowest BCUT2D eigenvalue weighted by atomic mass is 9.90. The molecule has 0 unspecified atom stereocenters. The summed E-state index contributed by atoms with van der Waals surface area (Å²) in [7, 11) is 3.72. The summed E-state index contributed by atoms with van der Waals surface area (Å²) in [6.45, 7) is 2.03. The highest BCUT2D eigenvalue weighted by Gasteiger charge is 2.46. The van der Waals surface area contributed by atoms with Gasteiger partial charge in [0.25, 0.3) is 5.91 Å². The van der Waals surface area contributed by atoms with Gasteiger partial charge in [-0.3, -0.25) is 14.3 Å². The molecule has 2 atom stereocenters. The van der Waals surface area contributed by atoms with E-state index in [2.05, 4.69) is 15.2 Å². The van der Waals surface area contributed by atoms with Crippen LogP contribution in [-0.4, -0.2) is 85.7 Å². The van der Waals surface area contributed by atoms with Gasteiger partial charge in [0.2, 0.25) is 0 Å². The number of aryl methyl sites for hydroxylation is 1. The molecular formula is C16H25N5O4. The van der Waals surface area contributed by atoms with Gasteiger partial charge in [-0.15, -0.1) is 5.10 Å². The fraction of sp³-hybridized carbons (Fsp3) is 0.750. The molecule has 9 heteroatoms. The molecule has 2 N–H and O–H groups in total. The third kappa shape index (κ3) is 3.67. The van der Waals surface area contributed by atoms with Crippen molar-refractivity contribution in [3.63, 3.8) is 0 Å². The summed E-state index contributed by atoms with van der Waals surface area (Å²) in [5.41, 5.74) is -0.656. The van der Waals surface area contributed by atoms with Crippen molar-refractivity contribution in [1.29, 1.82) is 0 Å². The predicted octanol–water partition coefficient (Wildman–Crippen LogP) is -0.711. The van der Waals surface area contributed by atoms with Crippen LogP contribution in [0.3, 0.4) is 0 Å². The molecule has 0 aromatic carbocycles. The van der Waals surface area contributed by atoms with Gasteiger partial charge in [0, 0.05) is 45.3 Å². The summed E-state index contributed by atoms with van der Waals surface area (Å²) in [4.78, 5) is 27.8. The number of carboxylic acid groups (broad SMARTS) is 1. The lowest BCUT2D eigenvalue weighted by Crippen LogP contribution is -2.54. The van der Waals surface area contributed by atoms with Gasteiger partial charge < -0.3 is 20.0 Å². The van der Waals surface area contributed by atoms with Crippen LogP contribution in [0.1, 0.15) is 30.9 Å². The van der Waals surface area contributed by atoms with Gasteiger partial charge in [-0.2, -0.15) is 0 Å². The predicted molar refractivity (Wildman–Crippen MR) is 87.7 cm³/mol. The average molecular weight is 351 g/mol. The fourth-order valence-electron chi connectivity index (χ4n) is 3.84. The number of amides is 1. The maximum absolute atomic E-state index is 12.9. The summed E-state index contributed by atoms with van der Waals surface area (Å²) in [6.07, 6.45) is 2.53. The lowest BCUT2D eigenvalue weighted by Gasteiger charge is -2.37. The van der Waals surface area contributed by atoms with E-state index in [4.69, 9.17) is 0 Å². The van der Waals surface area contributed by atoms with Gasteiger partial charge in [0.15, 0.2) is 0 Å². The number of rotatable bonds is 4. The number of aliphatic carboxylic acids is 1. The molecular weight excluding hydrogens is 326 g/mol. The van der Waals surface area contributed by atoms with Gasteiger partial charge in [0.05, 0.1) is 12.1 Å². The number of carboxylic acids is 1. The first-order chi connectivity index (χ1) is 11.8. The zero-order chi connectivity index (χ0) is 18.2. The molecule has 2 aliphatic rings. The van der Waals surface area contributed by atoms with E-state index in [0.29, 0.717) is 44.7 Å². The second-order valence-corrected chi connectivity index (χ2v) is 7.33. The van der Waals surface area contributed by atoms with Crippen LogP contribution in [0.5, 0.6) is 0 Å². The molecule has 3 heterocycles. The van der Waals surface area contributed by atoms with Crippen LogP contribution in [-0.2, 0) is 16.6 Å². The SMILES string of the molecule is CN1CCC(O)(C(=O)N2C[C@H](CC(=O)O)[C@H](c3cn(C)nn3)C2)CC1. The van der Waals surface area contributed by atoms with Crippen molar-refractivity contribution in [1.82, 2.24) is 24.8 Å². The molecule has 0 aliphatic carbocycles. The molecule has 2 aliphatic heterocycles. The first-order valence-corrected chi connectivity index (χ1v) is 8.57. The van der Waals surface area contributed by atoms with E-state index in [1.807, 2.05) is 7.05 Å². The molecule has 2 saturated heterocycles. The van der Waals surface area contributed by atoms with Gasteiger partial charge in [0.1, 0.15) is 5.60 Å². The van der Waals surface area contributed by atoms with Crippen LogP contribution in [0.4, 0.5) is 0 Å². The Hall–Kier alpha value is -2.00. The number of hydrogen-bond acceptors (Lipinski definition) is 6. The van der Waals surface area contributed by atoms with Gasteiger partial charge in [-0.05, 0) is 25.8 Å². The van der Waals surface area contributed by atoms with Crippen LogP contribution in [0.15, 0.2) is 6.20 Å². The van der Waals surface area contributed by atoms with Crippen molar-refractivity contribution >= 4 is 11.9 Å². The standard InChI is InChI=1S/C16H25N5O4/c1-19-5-3-16(25,4-6-19)15(24)21-8-11(7-14(22)23)12(9-21)13-10-20(2)18-17-13/h10-12,25H,3-9H2,1-2H3,(H,22,23)/t11-,12+/m0/s1. The summed E-state index contributed by atoms with van der Waals surface area (Å²) in [6, 6.07) is 0. The summed E-state index contributed by atoms with van der Waals surface area (Å²) >= 11 is 0. The monoisotopic (exact) mass is 351 g/mol. The number of nitrogens with zero attached hydrogens (tertiary/aromatic N) is 5. The summed E-state index contributed by atoms with van der Waals surface area (Å²) in [5.74, 6) is -1.59. The Bertz CT molecular complexity index is 653. The van der Waals surface area contributed by atoms with E-state index in [1.54, 1.807) is 22.8 Å². The zero-order valence-corrected chi connectivity index (χ0v) is 14.6. The molecule has 1 amide bonds. The minimum atomic E-state index is -1.35.